The number of hydrogen-bond donors (Lipinski definition) is 1. The highest BCUT2D eigenvalue weighted by Gasteiger charge is 2.22. The van der Waals surface area contributed by atoms with Gasteiger partial charge in [-0.1, -0.05) is 12.1 Å². The van der Waals surface area contributed by atoms with Crippen LogP contribution in [0.25, 0.3) is 0 Å². The molecule has 6 heteroatoms. The molecule has 1 aliphatic rings. The molecular formula is C14H20Cl2FN3. The highest BCUT2D eigenvalue weighted by molar-refractivity contribution is 5.85. The molecule has 1 aromatic rings. The maximum Gasteiger partial charge on any atom is 0.126 e. The number of nitriles is 1. The van der Waals surface area contributed by atoms with Crippen molar-refractivity contribution in [3.63, 3.8) is 0 Å². The van der Waals surface area contributed by atoms with Crippen molar-refractivity contribution in [3.8, 4) is 6.07 Å². The second-order valence-electron chi connectivity index (χ2n) is 4.67. The van der Waals surface area contributed by atoms with Gasteiger partial charge in [0.15, 0.2) is 0 Å². The predicted molar refractivity (Wildman–Crippen MR) is 83.0 cm³/mol. The van der Waals surface area contributed by atoms with E-state index in [1.807, 2.05) is 6.07 Å². The van der Waals surface area contributed by atoms with Gasteiger partial charge in [0.25, 0.3) is 0 Å². The van der Waals surface area contributed by atoms with E-state index >= 15 is 0 Å². The molecular weight excluding hydrogens is 300 g/mol. The van der Waals surface area contributed by atoms with Crippen LogP contribution in [-0.4, -0.2) is 31.1 Å². The molecule has 1 N–H and O–H groups in total. The van der Waals surface area contributed by atoms with E-state index in [1.54, 1.807) is 13.0 Å². The zero-order valence-corrected chi connectivity index (χ0v) is 13.1. The van der Waals surface area contributed by atoms with E-state index < -0.39 is 0 Å². The largest absolute Gasteiger partial charge is 0.314 e. The summed E-state index contributed by atoms with van der Waals surface area (Å²) in [5, 5.41) is 12.3. The molecule has 1 fully saturated rings. The van der Waals surface area contributed by atoms with Crippen LogP contribution in [0.15, 0.2) is 18.2 Å². The van der Waals surface area contributed by atoms with Crippen molar-refractivity contribution >= 4 is 24.8 Å². The van der Waals surface area contributed by atoms with Crippen molar-refractivity contribution in [1.82, 2.24) is 10.2 Å². The molecule has 1 saturated heterocycles. The smallest absolute Gasteiger partial charge is 0.126 e. The third kappa shape index (κ3) is 4.60. The van der Waals surface area contributed by atoms with Gasteiger partial charge >= 0.3 is 0 Å². The molecule has 0 radical (unpaired) electrons. The third-order valence-electron chi connectivity index (χ3n) is 3.44. The zero-order chi connectivity index (χ0) is 13.0. The summed E-state index contributed by atoms with van der Waals surface area (Å²) in [6.45, 7) is 5.52. The van der Waals surface area contributed by atoms with Gasteiger partial charge in [0.1, 0.15) is 5.82 Å². The van der Waals surface area contributed by atoms with Gasteiger partial charge in [0, 0.05) is 32.2 Å². The van der Waals surface area contributed by atoms with Crippen LogP contribution in [0, 0.1) is 24.1 Å². The van der Waals surface area contributed by atoms with Crippen molar-refractivity contribution in [2.45, 2.75) is 19.4 Å². The summed E-state index contributed by atoms with van der Waals surface area (Å²) in [7, 11) is 0. The fourth-order valence-corrected chi connectivity index (χ4v) is 2.41. The number of halogens is 3. The van der Waals surface area contributed by atoms with E-state index in [0.717, 1.165) is 31.7 Å². The van der Waals surface area contributed by atoms with Crippen LogP contribution in [0.1, 0.15) is 23.6 Å². The van der Waals surface area contributed by atoms with Crippen LogP contribution in [0.4, 0.5) is 4.39 Å². The highest BCUT2D eigenvalue weighted by atomic mass is 35.5. The fourth-order valence-electron chi connectivity index (χ4n) is 2.41. The first-order valence-electron chi connectivity index (χ1n) is 6.30. The molecule has 2 rings (SSSR count). The van der Waals surface area contributed by atoms with Gasteiger partial charge in [-0.25, -0.2) is 4.39 Å². The summed E-state index contributed by atoms with van der Waals surface area (Å²) in [6, 6.07) is 7.48. The first-order chi connectivity index (χ1) is 8.72. The average molecular weight is 320 g/mol. The Morgan fingerprint density at radius 1 is 1.35 bits per heavy atom. The Kier molecular flexibility index (Phi) is 8.75. The quantitative estimate of drug-likeness (QED) is 0.931. The standard InChI is InChI=1S/C14H18FN3.2ClH/c1-11-10-12(2-3-13(11)15)14(4-5-16)18-8-6-17-7-9-18;;/h2-3,10,14,17H,4,6-9H2,1H3;2*1H/t14-;;/m1../s1. The van der Waals surface area contributed by atoms with E-state index in [2.05, 4.69) is 16.3 Å². The number of benzene rings is 1. The molecule has 1 atom stereocenters. The Bertz CT molecular complexity index is 456. The minimum Gasteiger partial charge on any atom is -0.314 e. The molecule has 0 spiro atoms. The van der Waals surface area contributed by atoms with Gasteiger partial charge in [-0.3, -0.25) is 4.90 Å². The van der Waals surface area contributed by atoms with E-state index in [-0.39, 0.29) is 36.7 Å². The number of piperazine rings is 1. The predicted octanol–water partition coefficient (Wildman–Crippen LogP) is 2.84. The summed E-state index contributed by atoms with van der Waals surface area (Å²) >= 11 is 0. The van der Waals surface area contributed by atoms with Crippen molar-refractivity contribution in [1.29, 1.82) is 5.26 Å². The van der Waals surface area contributed by atoms with Crippen LogP contribution in [0.5, 0.6) is 0 Å². The Morgan fingerprint density at radius 3 is 2.55 bits per heavy atom. The molecule has 1 heterocycles. The Hall–Kier alpha value is -0.860. The maximum atomic E-state index is 13.3. The van der Waals surface area contributed by atoms with Gasteiger partial charge in [0.2, 0.25) is 0 Å². The summed E-state index contributed by atoms with van der Waals surface area (Å²) < 4.78 is 13.3. The van der Waals surface area contributed by atoms with Crippen molar-refractivity contribution in [2.24, 2.45) is 0 Å². The maximum absolute atomic E-state index is 13.3. The molecule has 0 unspecified atom stereocenters. The van der Waals surface area contributed by atoms with E-state index in [1.165, 1.54) is 6.07 Å². The first-order valence-corrected chi connectivity index (χ1v) is 6.30. The molecule has 0 bridgehead atoms. The van der Waals surface area contributed by atoms with Crippen LogP contribution in [0.3, 0.4) is 0 Å². The van der Waals surface area contributed by atoms with Gasteiger partial charge in [0.05, 0.1) is 12.5 Å². The van der Waals surface area contributed by atoms with Crippen LogP contribution < -0.4 is 5.32 Å². The van der Waals surface area contributed by atoms with Crippen LogP contribution >= 0.6 is 24.8 Å². The van der Waals surface area contributed by atoms with Crippen LogP contribution in [-0.2, 0) is 0 Å². The van der Waals surface area contributed by atoms with E-state index in [0.29, 0.717) is 12.0 Å². The Balaban J connectivity index is 0.00000180. The highest BCUT2D eigenvalue weighted by Crippen LogP contribution is 2.25. The molecule has 0 amide bonds. The lowest BCUT2D eigenvalue weighted by Gasteiger charge is -2.34. The molecule has 0 saturated carbocycles. The summed E-state index contributed by atoms with van der Waals surface area (Å²) in [5.41, 5.74) is 1.68. The lowest BCUT2D eigenvalue weighted by atomic mass is 9.99. The van der Waals surface area contributed by atoms with Crippen LogP contribution in [0.2, 0.25) is 0 Å². The molecule has 1 aliphatic heterocycles. The monoisotopic (exact) mass is 319 g/mol. The van der Waals surface area contributed by atoms with Gasteiger partial charge in [-0.15, -0.1) is 24.8 Å². The fraction of sp³-hybridized carbons (Fsp3) is 0.500. The van der Waals surface area contributed by atoms with E-state index in [4.69, 9.17) is 5.26 Å². The Morgan fingerprint density at radius 2 is 2.00 bits per heavy atom. The summed E-state index contributed by atoms with van der Waals surface area (Å²) in [5.74, 6) is -0.185. The molecule has 0 aromatic heterocycles. The Labute approximate surface area is 132 Å². The minimum atomic E-state index is -0.185. The van der Waals surface area contributed by atoms with Crippen molar-refractivity contribution in [2.75, 3.05) is 26.2 Å². The molecule has 3 nitrogen and oxygen atoms in total. The number of nitrogens with zero attached hydrogens (tertiary/aromatic N) is 2. The number of hydrogen-bond acceptors (Lipinski definition) is 3. The number of rotatable bonds is 3. The lowest BCUT2D eigenvalue weighted by molar-refractivity contribution is 0.175. The molecule has 20 heavy (non-hydrogen) atoms. The average Bonchev–Trinajstić information content (AvgIpc) is 2.40. The van der Waals surface area contributed by atoms with Gasteiger partial charge in [-0.05, 0) is 24.1 Å². The third-order valence-corrected chi connectivity index (χ3v) is 3.44. The second-order valence-corrected chi connectivity index (χ2v) is 4.67. The lowest BCUT2D eigenvalue weighted by Crippen LogP contribution is -2.45. The number of nitrogens with one attached hydrogen (secondary N) is 1. The molecule has 0 aliphatic carbocycles. The number of aryl methyl sites for hydroxylation is 1. The van der Waals surface area contributed by atoms with Crippen molar-refractivity contribution < 1.29 is 4.39 Å². The topological polar surface area (TPSA) is 39.1 Å². The normalized spacial score (nSPS) is 16.4. The first kappa shape index (κ1) is 19.1. The summed E-state index contributed by atoms with van der Waals surface area (Å²) in [4.78, 5) is 2.30. The minimum absolute atomic E-state index is 0. The van der Waals surface area contributed by atoms with Crippen molar-refractivity contribution in [3.05, 3.63) is 35.1 Å². The second kappa shape index (κ2) is 9.15. The molecule has 112 valence electrons. The van der Waals surface area contributed by atoms with Gasteiger partial charge in [-0.2, -0.15) is 5.26 Å². The molecule has 1 aromatic carbocycles. The zero-order valence-electron chi connectivity index (χ0n) is 11.4. The summed E-state index contributed by atoms with van der Waals surface area (Å²) in [6.07, 6.45) is 0.449. The van der Waals surface area contributed by atoms with Gasteiger partial charge < -0.3 is 5.32 Å². The van der Waals surface area contributed by atoms with E-state index in [9.17, 15) is 4.39 Å². The SMILES string of the molecule is Cc1cc([C@@H](CC#N)N2CCNCC2)ccc1F.Cl.Cl.